The summed E-state index contributed by atoms with van der Waals surface area (Å²) in [6.45, 7) is 2.26. The predicted molar refractivity (Wildman–Crippen MR) is 219 cm³/mol. The summed E-state index contributed by atoms with van der Waals surface area (Å²) in [4.78, 5) is 10.5. The Kier molecular flexibility index (Phi) is 6.41. The molecule has 4 heteroatoms. The Labute approximate surface area is 306 Å². The van der Waals surface area contributed by atoms with E-state index in [-0.39, 0.29) is 5.41 Å². The third-order valence-electron chi connectivity index (χ3n) is 11.1. The largest absolute Gasteiger partial charge is 0.454 e. The van der Waals surface area contributed by atoms with E-state index in [1.54, 1.807) is 0 Å². The van der Waals surface area contributed by atoms with Gasteiger partial charge in [-0.3, -0.25) is 0 Å². The molecule has 1 aliphatic heterocycles. The number of benzene rings is 6. The molecule has 53 heavy (non-hydrogen) atoms. The summed E-state index contributed by atoms with van der Waals surface area (Å²) < 4.78 is 9.21. The third kappa shape index (κ3) is 4.62. The van der Waals surface area contributed by atoms with E-state index in [1.165, 1.54) is 21.9 Å². The number of rotatable bonds is 4. The number of furan rings is 1. The van der Waals surface area contributed by atoms with Crippen LogP contribution in [-0.2, 0) is 0 Å². The average Bonchev–Trinajstić information content (AvgIpc) is 3.76. The van der Waals surface area contributed by atoms with E-state index in [4.69, 9.17) is 14.4 Å². The number of hydrogen-bond acceptors (Lipinski definition) is 3. The van der Waals surface area contributed by atoms with Gasteiger partial charge in [-0.15, -0.1) is 0 Å². The van der Waals surface area contributed by atoms with Gasteiger partial charge in [0.25, 0.3) is 0 Å². The standard InChI is InChI=1S/C49H33N3O/c1-49-27-25-33-20-23-40(32-13-6-3-7-14-32)50-46(33)48(49)51-41(26-28-49)35-19-22-37-38-16-10-18-44(47(38)53-45(37)30-35)52-42-17-9-8-15-36(42)39-29-34(21-24-43(39)52)31-11-4-2-5-12-31/h2-27,29-30H,28H2,1H3/t49-/m1/s1. The second-order valence-electron chi connectivity index (χ2n) is 14.4. The van der Waals surface area contributed by atoms with Gasteiger partial charge < -0.3 is 8.98 Å². The predicted octanol–water partition coefficient (Wildman–Crippen LogP) is 12.7. The summed E-state index contributed by atoms with van der Waals surface area (Å²) in [5, 5.41) is 4.62. The van der Waals surface area contributed by atoms with E-state index < -0.39 is 0 Å². The van der Waals surface area contributed by atoms with Crippen LogP contribution >= 0.6 is 0 Å². The lowest BCUT2D eigenvalue weighted by Gasteiger charge is -2.34. The summed E-state index contributed by atoms with van der Waals surface area (Å²) in [7, 11) is 0. The summed E-state index contributed by atoms with van der Waals surface area (Å²) in [5.41, 5.74) is 14.4. The first-order valence-corrected chi connectivity index (χ1v) is 18.2. The van der Waals surface area contributed by atoms with Crippen molar-refractivity contribution in [2.45, 2.75) is 13.3 Å². The van der Waals surface area contributed by atoms with Crippen molar-refractivity contribution in [3.8, 4) is 28.1 Å². The average molecular weight is 680 g/mol. The number of pyridine rings is 1. The maximum atomic E-state index is 6.86. The molecule has 0 saturated heterocycles. The van der Waals surface area contributed by atoms with Crippen molar-refractivity contribution in [2.24, 2.45) is 10.4 Å². The van der Waals surface area contributed by atoms with E-state index in [0.717, 1.165) is 84.6 Å². The highest BCUT2D eigenvalue weighted by Crippen LogP contribution is 2.43. The lowest BCUT2D eigenvalue weighted by atomic mass is 9.73. The SMILES string of the molecule is C[C@]12C=Cc3ccc(-c4ccccc4)nc3C1=NC(c1ccc3c(c1)oc1c(-n4c5ccccc5c5cc(-c6ccccc6)ccc54)cccc13)=CC2. The number of allylic oxidation sites excluding steroid dienone is 2. The summed E-state index contributed by atoms with van der Waals surface area (Å²) in [6, 6.07) is 53.7. The highest BCUT2D eigenvalue weighted by molar-refractivity contribution is 6.15. The zero-order valence-corrected chi connectivity index (χ0v) is 29.1. The van der Waals surface area contributed by atoms with Gasteiger partial charge in [0.05, 0.1) is 39.5 Å². The zero-order valence-electron chi connectivity index (χ0n) is 29.1. The molecule has 6 aromatic carbocycles. The molecule has 9 aromatic rings. The third-order valence-corrected chi connectivity index (χ3v) is 11.1. The smallest absolute Gasteiger partial charge is 0.159 e. The maximum Gasteiger partial charge on any atom is 0.159 e. The molecule has 2 aliphatic rings. The van der Waals surface area contributed by atoms with Gasteiger partial charge in [-0.05, 0) is 60.0 Å². The first-order chi connectivity index (χ1) is 26.1. The highest BCUT2D eigenvalue weighted by Gasteiger charge is 2.36. The quantitative estimate of drug-likeness (QED) is 0.186. The van der Waals surface area contributed by atoms with Gasteiger partial charge in [0.1, 0.15) is 5.58 Å². The van der Waals surface area contributed by atoms with E-state index in [1.807, 2.05) is 6.07 Å². The van der Waals surface area contributed by atoms with Crippen molar-refractivity contribution in [3.63, 3.8) is 0 Å². The van der Waals surface area contributed by atoms with Crippen LogP contribution in [0.4, 0.5) is 0 Å². The fraction of sp³-hybridized carbons (Fsp3) is 0.0612. The molecule has 250 valence electrons. The molecule has 0 fully saturated rings. The number of aromatic nitrogens is 2. The van der Waals surface area contributed by atoms with Gasteiger partial charge in [-0.1, -0.05) is 134 Å². The fourth-order valence-electron chi connectivity index (χ4n) is 8.35. The molecule has 0 radical (unpaired) electrons. The van der Waals surface area contributed by atoms with Crippen molar-refractivity contribution < 1.29 is 4.42 Å². The Bertz CT molecular complexity index is 3030. The van der Waals surface area contributed by atoms with Gasteiger partial charge in [0.2, 0.25) is 0 Å². The number of para-hydroxylation sites is 2. The highest BCUT2D eigenvalue weighted by atomic mass is 16.3. The Morgan fingerprint density at radius 3 is 2.23 bits per heavy atom. The molecule has 4 nitrogen and oxygen atoms in total. The van der Waals surface area contributed by atoms with Crippen LogP contribution in [0.2, 0.25) is 0 Å². The molecule has 1 aliphatic carbocycles. The minimum atomic E-state index is -0.221. The number of aliphatic imine (C=N–C) groups is 1. The lowest BCUT2D eigenvalue weighted by molar-refractivity contribution is 0.600. The Balaban J connectivity index is 1.03. The zero-order chi connectivity index (χ0) is 35.1. The van der Waals surface area contributed by atoms with Gasteiger partial charge in [-0.2, -0.15) is 0 Å². The van der Waals surface area contributed by atoms with Crippen LogP contribution in [0.5, 0.6) is 0 Å². The topological polar surface area (TPSA) is 43.3 Å². The summed E-state index contributed by atoms with van der Waals surface area (Å²) >= 11 is 0. The molecule has 0 spiro atoms. The van der Waals surface area contributed by atoms with Crippen LogP contribution in [0.15, 0.2) is 173 Å². The first kappa shape index (κ1) is 29.9. The van der Waals surface area contributed by atoms with Gasteiger partial charge in [0, 0.05) is 43.7 Å². The lowest BCUT2D eigenvalue weighted by Crippen LogP contribution is -2.32. The van der Waals surface area contributed by atoms with Crippen molar-refractivity contribution in [1.29, 1.82) is 0 Å². The number of fused-ring (bicyclic) bond motifs is 9. The Morgan fingerprint density at radius 1 is 0.604 bits per heavy atom. The van der Waals surface area contributed by atoms with Crippen LogP contribution < -0.4 is 0 Å². The van der Waals surface area contributed by atoms with E-state index in [0.29, 0.717) is 0 Å². The molecule has 11 rings (SSSR count). The van der Waals surface area contributed by atoms with Crippen LogP contribution in [0.1, 0.15) is 30.2 Å². The second-order valence-corrected chi connectivity index (χ2v) is 14.4. The maximum absolute atomic E-state index is 6.86. The van der Waals surface area contributed by atoms with E-state index in [2.05, 4.69) is 175 Å². The molecule has 0 bridgehead atoms. The molecular formula is C49H33N3O. The fourth-order valence-corrected chi connectivity index (χ4v) is 8.35. The summed E-state index contributed by atoms with van der Waals surface area (Å²) in [6.07, 6.45) is 7.59. The minimum Gasteiger partial charge on any atom is -0.454 e. The molecule has 0 amide bonds. The van der Waals surface area contributed by atoms with Crippen molar-refractivity contribution in [3.05, 3.63) is 181 Å². The molecule has 0 unspecified atom stereocenters. The number of hydrogen-bond donors (Lipinski definition) is 0. The summed E-state index contributed by atoms with van der Waals surface area (Å²) in [5.74, 6) is 0. The van der Waals surface area contributed by atoms with E-state index in [9.17, 15) is 0 Å². The molecule has 0 N–H and O–H groups in total. The van der Waals surface area contributed by atoms with Crippen molar-refractivity contribution >= 4 is 61.2 Å². The minimum absolute atomic E-state index is 0.221. The van der Waals surface area contributed by atoms with E-state index >= 15 is 0 Å². The normalized spacial score (nSPS) is 16.5. The second kappa shape index (κ2) is 11.4. The Hall–Kier alpha value is -6.78. The van der Waals surface area contributed by atoms with Gasteiger partial charge >= 0.3 is 0 Å². The van der Waals surface area contributed by atoms with Gasteiger partial charge in [0.15, 0.2) is 5.58 Å². The molecule has 4 heterocycles. The molecule has 0 saturated carbocycles. The van der Waals surface area contributed by atoms with Crippen molar-refractivity contribution in [2.75, 3.05) is 0 Å². The molecule has 1 atom stereocenters. The molecule has 3 aromatic heterocycles. The monoisotopic (exact) mass is 679 g/mol. The van der Waals surface area contributed by atoms with Crippen LogP contribution in [0, 0.1) is 5.41 Å². The van der Waals surface area contributed by atoms with Crippen molar-refractivity contribution in [1.82, 2.24) is 9.55 Å². The van der Waals surface area contributed by atoms with Crippen LogP contribution in [-0.4, -0.2) is 15.3 Å². The van der Waals surface area contributed by atoms with Crippen LogP contribution in [0.3, 0.4) is 0 Å². The first-order valence-electron chi connectivity index (χ1n) is 18.2. The number of nitrogens with zero attached hydrogens (tertiary/aromatic N) is 3. The van der Waals surface area contributed by atoms with Crippen LogP contribution in [0.25, 0.3) is 83.6 Å². The molecular weight excluding hydrogens is 647 g/mol. The van der Waals surface area contributed by atoms with Gasteiger partial charge in [-0.25, -0.2) is 9.98 Å². The Morgan fingerprint density at radius 2 is 1.36 bits per heavy atom.